The lowest BCUT2D eigenvalue weighted by molar-refractivity contribution is 0.259. The Balaban J connectivity index is 2.21. The predicted octanol–water partition coefficient (Wildman–Crippen LogP) is 4.26. The zero-order chi connectivity index (χ0) is 13.4. The van der Waals surface area contributed by atoms with Gasteiger partial charge in [0.25, 0.3) is 0 Å². The van der Waals surface area contributed by atoms with Crippen molar-refractivity contribution >= 4 is 0 Å². The normalized spacial score (nSPS) is 19.4. The first-order chi connectivity index (χ1) is 8.59. The molecule has 2 nitrogen and oxygen atoms in total. The second-order valence-electron chi connectivity index (χ2n) is 6.47. The number of nitrogens with one attached hydrogen (secondary N) is 1. The van der Waals surface area contributed by atoms with Crippen LogP contribution in [0.5, 0.6) is 0 Å². The minimum Gasteiger partial charge on any atom is -0.314 e. The highest BCUT2D eigenvalue weighted by Crippen LogP contribution is 2.28. The van der Waals surface area contributed by atoms with E-state index in [0.29, 0.717) is 6.04 Å². The first-order valence-corrected chi connectivity index (χ1v) is 7.73. The Kier molecular flexibility index (Phi) is 6.71. The molecule has 0 amide bonds. The van der Waals surface area contributed by atoms with Crippen LogP contribution in [0.15, 0.2) is 0 Å². The molecule has 0 aromatic heterocycles. The third-order valence-corrected chi connectivity index (χ3v) is 4.35. The van der Waals surface area contributed by atoms with E-state index in [1.165, 1.54) is 38.5 Å². The van der Waals surface area contributed by atoms with Gasteiger partial charge in [-0.3, -0.25) is 0 Å². The topological polar surface area (TPSA) is 35.8 Å². The second-order valence-corrected chi connectivity index (χ2v) is 6.47. The van der Waals surface area contributed by atoms with Crippen LogP contribution in [0, 0.1) is 22.7 Å². The van der Waals surface area contributed by atoms with E-state index in [1.54, 1.807) is 0 Å². The molecule has 1 saturated carbocycles. The lowest BCUT2D eigenvalue weighted by Gasteiger charge is -2.30. The maximum Gasteiger partial charge on any atom is 0.0683 e. The minimum atomic E-state index is -0.159. The zero-order valence-electron chi connectivity index (χ0n) is 12.5. The summed E-state index contributed by atoms with van der Waals surface area (Å²) in [6.45, 7) is 7.43. The summed E-state index contributed by atoms with van der Waals surface area (Å²) in [6, 6.07) is 3.08. The van der Waals surface area contributed by atoms with E-state index in [1.807, 2.05) is 13.8 Å². The lowest BCUT2D eigenvalue weighted by atomic mass is 9.83. The van der Waals surface area contributed by atoms with Crippen LogP contribution < -0.4 is 5.32 Å². The smallest absolute Gasteiger partial charge is 0.0683 e. The molecular formula is C16H30N2. The molecular weight excluding hydrogens is 220 g/mol. The van der Waals surface area contributed by atoms with Crippen molar-refractivity contribution in [1.29, 1.82) is 5.26 Å². The van der Waals surface area contributed by atoms with Gasteiger partial charge in [-0.2, -0.15) is 5.26 Å². The van der Waals surface area contributed by atoms with Crippen molar-refractivity contribution < 1.29 is 0 Å². The maximum atomic E-state index is 8.98. The molecule has 0 spiro atoms. The second kappa shape index (κ2) is 7.79. The van der Waals surface area contributed by atoms with Crippen LogP contribution in [0.2, 0.25) is 0 Å². The van der Waals surface area contributed by atoms with Crippen LogP contribution in [-0.2, 0) is 0 Å². The van der Waals surface area contributed by atoms with Crippen LogP contribution in [0.4, 0.5) is 0 Å². The fraction of sp³-hybridized carbons (Fsp3) is 0.938. The maximum absolute atomic E-state index is 8.98. The molecule has 1 rings (SSSR count). The van der Waals surface area contributed by atoms with Gasteiger partial charge in [-0.05, 0) is 58.4 Å². The molecule has 1 atom stereocenters. The van der Waals surface area contributed by atoms with E-state index >= 15 is 0 Å². The molecule has 0 saturated heterocycles. The largest absolute Gasteiger partial charge is 0.314 e. The highest BCUT2D eigenvalue weighted by atomic mass is 14.9. The van der Waals surface area contributed by atoms with Crippen molar-refractivity contribution in [2.24, 2.45) is 11.3 Å². The van der Waals surface area contributed by atoms with Gasteiger partial charge in [-0.25, -0.2) is 0 Å². The van der Waals surface area contributed by atoms with Crippen molar-refractivity contribution in [1.82, 2.24) is 5.32 Å². The average molecular weight is 250 g/mol. The van der Waals surface area contributed by atoms with E-state index in [9.17, 15) is 0 Å². The van der Waals surface area contributed by atoms with Crippen LogP contribution in [0.25, 0.3) is 0 Å². The summed E-state index contributed by atoms with van der Waals surface area (Å²) in [5.41, 5.74) is -0.159. The molecule has 2 heteroatoms. The van der Waals surface area contributed by atoms with Crippen molar-refractivity contribution in [2.75, 3.05) is 6.54 Å². The fourth-order valence-corrected chi connectivity index (χ4v) is 3.05. The standard InChI is InChI=1S/C16H30N2/c1-4-15(14-9-6-5-7-10-14)18-12-8-11-16(2,3)13-17/h14-15,18H,4-12H2,1-3H3. The monoisotopic (exact) mass is 250 g/mol. The van der Waals surface area contributed by atoms with Crippen molar-refractivity contribution in [3.05, 3.63) is 0 Å². The molecule has 0 aromatic rings. The van der Waals surface area contributed by atoms with Crippen molar-refractivity contribution in [3.63, 3.8) is 0 Å². The molecule has 1 N–H and O–H groups in total. The van der Waals surface area contributed by atoms with E-state index in [2.05, 4.69) is 18.3 Å². The molecule has 0 radical (unpaired) electrons. The summed E-state index contributed by atoms with van der Waals surface area (Å²) in [7, 11) is 0. The number of hydrogen-bond acceptors (Lipinski definition) is 2. The molecule has 104 valence electrons. The summed E-state index contributed by atoms with van der Waals surface area (Å²) in [5, 5.41) is 12.7. The van der Waals surface area contributed by atoms with Crippen LogP contribution in [-0.4, -0.2) is 12.6 Å². The van der Waals surface area contributed by atoms with Gasteiger partial charge < -0.3 is 5.32 Å². The van der Waals surface area contributed by atoms with Gasteiger partial charge in [-0.15, -0.1) is 0 Å². The predicted molar refractivity (Wildman–Crippen MR) is 77.3 cm³/mol. The van der Waals surface area contributed by atoms with Gasteiger partial charge in [0, 0.05) is 6.04 Å². The number of nitriles is 1. The Bertz CT molecular complexity index is 259. The van der Waals surface area contributed by atoms with Crippen molar-refractivity contribution in [2.45, 2.75) is 78.2 Å². The average Bonchev–Trinajstić information content (AvgIpc) is 2.40. The van der Waals surface area contributed by atoms with Gasteiger partial charge in [0.2, 0.25) is 0 Å². The number of hydrogen-bond donors (Lipinski definition) is 1. The summed E-state index contributed by atoms with van der Waals surface area (Å²) < 4.78 is 0. The first-order valence-electron chi connectivity index (χ1n) is 7.73. The summed E-state index contributed by atoms with van der Waals surface area (Å²) >= 11 is 0. The third kappa shape index (κ3) is 5.40. The molecule has 1 aliphatic carbocycles. The molecule has 1 unspecified atom stereocenters. The molecule has 0 bridgehead atoms. The summed E-state index contributed by atoms with van der Waals surface area (Å²) in [4.78, 5) is 0. The minimum absolute atomic E-state index is 0.159. The van der Waals surface area contributed by atoms with Crippen LogP contribution >= 0.6 is 0 Å². The molecule has 0 aromatic carbocycles. The highest BCUT2D eigenvalue weighted by molar-refractivity contribution is 4.91. The van der Waals surface area contributed by atoms with Gasteiger partial charge in [0.1, 0.15) is 0 Å². The van der Waals surface area contributed by atoms with E-state index < -0.39 is 0 Å². The van der Waals surface area contributed by atoms with Gasteiger partial charge in [-0.1, -0.05) is 26.2 Å². The third-order valence-electron chi connectivity index (χ3n) is 4.35. The van der Waals surface area contributed by atoms with Gasteiger partial charge >= 0.3 is 0 Å². The fourth-order valence-electron chi connectivity index (χ4n) is 3.05. The summed E-state index contributed by atoms with van der Waals surface area (Å²) in [5.74, 6) is 0.896. The van der Waals surface area contributed by atoms with Crippen LogP contribution in [0.1, 0.15) is 72.1 Å². The Morgan fingerprint density at radius 2 is 1.94 bits per heavy atom. The zero-order valence-corrected chi connectivity index (χ0v) is 12.5. The Morgan fingerprint density at radius 3 is 2.50 bits per heavy atom. The molecule has 0 heterocycles. The SMILES string of the molecule is CCC(NCCCC(C)(C)C#N)C1CCCCC1. The molecule has 1 aliphatic rings. The van der Waals surface area contributed by atoms with E-state index in [-0.39, 0.29) is 5.41 Å². The Morgan fingerprint density at radius 1 is 1.28 bits per heavy atom. The quantitative estimate of drug-likeness (QED) is 0.685. The Labute approximate surface area is 113 Å². The number of rotatable bonds is 7. The van der Waals surface area contributed by atoms with E-state index in [0.717, 1.165) is 25.3 Å². The molecule has 1 fully saturated rings. The van der Waals surface area contributed by atoms with Crippen molar-refractivity contribution in [3.8, 4) is 6.07 Å². The van der Waals surface area contributed by atoms with Gasteiger partial charge in [0.05, 0.1) is 11.5 Å². The summed E-state index contributed by atoms with van der Waals surface area (Å²) in [6.07, 6.45) is 10.5. The Hall–Kier alpha value is -0.550. The van der Waals surface area contributed by atoms with E-state index in [4.69, 9.17) is 5.26 Å². The molecule has 0 aliphatic heterocycles. The first kappa shape index (κ1) is 15.5. The van der Waals surface area contributed by atoms with Gasteiger partial charge in [0.15, 0.2) is 0 Å². The van der Waals surface area contributed by atoms with Crippen LogP contribution in [0.3, 0.4) is 0 Å². The molecule has 18 heavy (non-hydrogen) atoms. The highest BCUT2D eigenvalue weighted by Gasteiger charge is 2.22. The number of nitrogens with zero attached hydrogens (tertiary/aromatic N) is 1. The lowest BCUT2D eigenvalue weighted by Crippen LogP contribution is -2.37.